The molecule has 0 saturated heterocycles. The lowest BCUT2D eigenvalue weighted by Gasteiger charge is -2.09. The van der Waals surface area contributed by atoms with Crippen molar-refractivity contribution in [3.8, 4) is 27.6 Å². The third kappa shape index (κ3) is 3.85. The maximum Gasteiger partial charge on any atom is 0.263 e. The first-order valence-corrected chi connectivity index (χ1v) is 12.6. The van der Waals surface area contributed by atoms with Gasteiger partial charge in [0.15, 0.2) is 5.16 Å². The minimum Gasteiger partial charge on any atom is -0.497 e. The summed E-state index contributed by atoms with van der Waals surface area (Å²) in [6.45, 7) is 2.48. The Bertz CT molecular complexity index is 1420. The van der Waals surface area contributed by atoms with Gasteiger partial charge >= 0.3 is 0 Å². The van der Waals surface area contributed by atoms with Crippen LogP contribution in [0.3, 0.4) is 0 Å². The molecule has 0 saturated carbocycles. The predicted octanol–water partition coefficient (Wildman–Crippen LogP) is 5.56. The van der Waals surface area contributed by atoms with Crippen molar-refractivity contribution in [2.75, 3.05) is 7.11 Å². The zero-order valence-corrected chi connectivity index (χ0v) is 19.7. The smallest absolute Gasteiger partial charge is 0.263 e. The molecule has 0 radical (unpaired) electrons. The molecule has 4 heterocycles. The third-order valence-electron chi connectivity index (χ3n) is 4.89. The summed E-state index contributed by atoms with van der Waals surface area (Å²) in [4.78, 5) is 19.9. The van der Waals surface area contributed by atoms with Gasteiger partial charge in [-0.25, -0.2) is 4.98 Å². The Morgan fingerprint density at radius 2 is 2.00 bits per heavy atom. The van der Waals surface area contributed by atoms with Gasteiger partial charge in [0.05, 0.1) is 18.2 Å². The van der Waals surface area contributed by atoms with Crippen LogP contribution in [0.2, 0.25) is 0 Å². The van der Waals surface area contributed by atoms with Crippen molar-refractivity contribution >= 4 is 44.7 Å². The van der Waals surface area contributed by atoms with Crippen LogP contribution in [0.4, 0.5) is 0 Å². The van der Waals surface area contributed by atoms with E-state index in [4.69, 9.17) is 14.1 Å². The van der Waals surface area contributed by atoms with Crippen molar-refractivity contribution in [3.05, 3.63) is 63.4 Å². The van der Waals surface area contributed by atoms with E-state index in [1.165, 1.54) is 23.1 Å². The van der Waals surface area contributed by atoms with Crippen LogP contribution < -0.4 is 10.3 Å². The summed E-state index contributed by atoms with van der Waals surface area (Å²) in [5.74, 6) is 2.10. The molecular weight excluding hydrogens is 464 g/mol. The van der Waals surface area contributed by atoms with Crippen molar-refractivity contribution in [3.63, 3.8) is 0 Å². The standard InChI is InChI=1S/C22H18N4O3S3/c1-3-26-21(27)18-15(16-5-4-10-30-16)11-31-20(18)23-22(26)32-12-17-24-25-19(29-17)13-6-8-14(28-2)9-7-13/h4-11H,3,12H2,1-2H3. The molecule has 32 heavy (non-hydrogen) atoms. The van der Waals surface area contributed by atoms with Crippen LogP contribution in [0.1, 0.15) is 12.8 Å². The molecule has 0 aliphatic heterocycles. The molecule has 5 aromatic rings. The number of nitrogens with zero attached hydrogens (tertiary/aromatic N) is 4. The van der Waals surface area contributed by atoms with Crippen molar-refractivity contribution in [2.24, 2.45) is 0 Å². The molecule has 1 aromatic carbocycles. The van der Waals surface area contributed by atoms with Crippen LogP contribution in [0.15, 0.2) is 61.5 Å². The summed E-state index contributed by atoms with van der Waals surface area (Å²) in [6.07, 6.45) is 0. The van der Waals surface area contributed by atoms with E-state index in [0.717, 1.165) is 26.6 Å². The SMILES string of the molecule is CCn1c(SCc2nnc(-c3ccc(OC)cc3)o2)nc2scc(-c3cccs3)c2c1=O. The van der Waals surface area contributed by atoms with Crippen LogP contribution >= 0.6 is 34.4 Å². The number of fused-ring (bicyclic) bond motifs is 1. The van der Waals surface area contributed by atoms with Crippen molar-refractivity contribution < 1.29 is 9.15 Å². The summed E-state index contributed by atoms with van der Waals surface area (Å²) >= 11 is 4.54. The van der Waals surface area contributed by atoms with Gasteiger partial charge in [-0.15, -0.1) is 32.9 Å². The number of rotatable bonds is 7. The van der Waals surface area contributed by atoms with Crippen LogP contribution in [-0.2, 0) is 12.3 Å². The molecule has 0 amide bonds. The Morgan fingerprint density at radius 1 is 1.16 bits per heavy atom. The highest BCUT2D eigenvalue weighted by atomic mass is 32.2. The quantitative estimate of drug-likeness (QED) is 0.222. The van der Waals surface area contributed by atoms with Gasteiger partial charge in [-0.2, -0.15) is 0 Å². The van der Waals surface area contributed by atoms with Gasteiger partial charge in [-0.1, -0.05) is 17.8 Å². The number of methoxy groups -OCH3 is 1. The molecule has 4 aromatic heterocycles. The molecule has 0 atom stereocenters. The summed E-state index contributed by atoms with van der Waals surface area (Å²) in [5, 5.41) is 13.6. The fraction of sp³-hybridized carbons (Fsp3) is 0.182. The topological polar surface area (TPSA) is 83.0 Å². The lowest BCUT2D eigenvalue weighted by molar-refractivity contribution is 0.415. The maximum atomic E-state index is 13.3. The van der Waals surface area contributed by atoms with E-state index < -0.39 is 0 Å². The van der Waals surface area contributed by atoms with Crippen LogP contribution in [0, 0.1) is 0 Å². The Kier molecular flexibility index (Phi) is 5.81. The third-order valence-corrected chi connectivity index (χ3v) is 7.63. The Labute approximate surface area is 195 Å². The zero-order chi connectivity index (χ0) is 22.1. The first kappa shape index (κ1) is 20.9. The maximum absolute atomic E-state index is 13.3. The molecule has 0 bridgehead atoms. The van der Waals surface area contributed by atoms with Gasteiger partial charge in [0, 0.05) is 27.9 Å². The van der Waals surface area contributed by atoms with Crippen molar-refractivity contribution in [1.82, 2.24) is 19.7 Å². The van der Waals surface area contributed by atoms with Crippen molar-refractivity contribution in [2.45, 2.75) is 24.4 Å². The lowest BCUT2D eigenvalue weighted by atomic mass is 10.2. The molecular formula is C22H18N4O3S3. The first-order chi connectivity index (χ1) is 15.7. The molecule has 5 rings (SSSR count). The van der Waals surface area contributed by atoms with E-state index in [9.17, 15) is 4.79 Å². The summed E-state index contributed by atoms with van der Waals surface area (Å²) in [7, 11) is 1.62. The Balaban J connectivity index is 1.41. The van der Waals surface area contributed by atoms with Crippen molar-refractivity contribution in [1.29, 1.82) is 0 Å². The van der Waals surface area contributed by atoms with Crippen LogP contribution in [-0.4, -0.2) is 26.9 Å². The van der Waals surface area contributed by atoms with E-state index in [2.05, 4.69) is 10.2 Å². The van der Waals surface area contributed by atoms with Gasteiger partial charge in [-0.05, 0) is 42.6 Å². The first-order valence-electron chi connectivity index (χ1n) is 9.83. The number of ether oxygens (including phenoxy) is 1. The highest BCUT2D eigenvalue weighted by Gasteiger charge is 2.18. The van der Waals surface area contributed by atoms with Gasteiger partial charge in [0.25, 0.3) is 5.56 Å². The monoisotopic (exact) mass is 482 g/mol. The second-order valence-corrected chi connectivity index (χ2v) is 9.52. The number of hydrogen-bond donors (Lipinski definition) is 0. The Hall–Kier alpha value is -2.95. The van der Waals surface area contributed by atoms with Crippen LogP contribution in [0.25, 0.3) is 32.1 Å². The molecule has 0 N–H and O–H groups in total. The molecule has 0 fully saturated rings. The Morgan fingerprint density at radius 3 is 2.72 bits per heavy atom. The molecule has 0 aliphatic rings. The van der Waals surface area contributed by atoms with E-state index in [1.54, 1.807) is 23.0 Å². The number of hydrogen-bond acceptors (Lipinski definition) is 9. The fourth-order valence-electron chi connectivity index (χ4n) is 3.30. The minimum absolute atomic E-state index is 0.0194. The number of aromatic nitrogens is 4. The largest absolute Gasteiger partial charge is 0.497 e. The average molecular weight is 483 g/mol. The number of thioether (sulfide) groups is 1. The van der Waals surface area contributed by atoms with Gasteiger partial charge in [0.2, 0.25) is 11.8 Å². The second kappa shape index (κ2) is 8.89. The van der Waals surface area contributed by atoms with E-state index in [0.29, 0.717) is 34.6 Å². The van der Waals surface area contributed by atoms with Gasteiger partial charge in [0.1, 0.15) is 10.6 Å². The molecule has 7 nitrogen and oxygen atoms in total. The highest BCUT2D eigenvalue weighted by Crippen LogP contribution is 2.35. The highest BCUT2D eigenvalue weighted by molar-refractivity contribution is 7.98. The van der Waals surface area contributed by atoms with Gasteiger partial charge < -0.3 is 9.15 Å². The van der Waals surface area contributed by atoms with E-state index >= 15 is 0 Å². The average Bonchev–Trinajstić information content (AvgIpc) is 3.58. The molecule has 0 aliphatic carbocycles. The second-order valence-electron chi connectivity index (χ2n) is 6.77. The number of thiophene rings is 2. The summed E-state index contributed by atoms with van der Waals surface area (Å²) in [5.41, 5.74) is 1.76. The fourth-order valence-corrected chi connectivity index (χ4v) is 6.00. The molecule has 0 unspecified atom stereocenters. The lowest BCUT2D eigenvalue weighted by Crippen LogP contribution is -2.22. The molecule has 0 spiro atoms. The molecule has 162 valence electrons. The minimum atomic E-state index is -0.0194. The van der Waals surface area contributed by atoms with Gasteiger partial charge in [-0.3, -0.25) is 9.36 Å². The summed E-state index contributed by atoms with van der Waals surface area (Å²) < 4.78 is 12.7. The van der Waals surface area contributed by atoms with Crippen LogP contribution in [0.5, 0.6) is 5.75 Å². The van der Waals surface area contributed by atoms with E-state index in [-0.39, 0.29) is 5.56 Å². The number of benzene rings is 1. The molecule has 10 heteroatoms. The predicted molar refractivity (Wildman–Crippen MR) is 129 cm³/mol. The zero-order valence-electron chi connectivity index (χ0n) is 17.3. The summed E-state index contributed by atoms with van der Waals surface area (Å²) in [6, 6.07) is 11.5. The normalized spacial score (nSPS) is 11.3. The van der Waals surface area contributed by atoms with E-state index in [1.807, 2.05) is 54.1 Å².